The second-order valence-electron chi connectivity index (χ2n) is 5.44. The number of ether oxygens (including phenoxy) is 2. The smallest absolute Gasteiger partial charge is 0.321 e. The number of alkyl halides is 1. The molecule has 23 heavy (non-hydrogen) atoms. The molecule has 0 saturated carbocycles. The first-order valence-electron chi connectivity index (χ1n) is 7.77. The molecule has 0 bridgehead atoms. The number of amides is 2. The Kier molecular flexibility index (Phi) is 8.52. The molecule has 0 aromatic carbocycles. The van der Waals surface area contributed by atoms with Gasteiger partial charge in [-0.1, -0.05) is 13.3 Å². The summed E-state index contributed by atoms with van der Waals surface area (Å²) in [6, 6.07) is -0.443. The van der Waals surface area contributed by atoms with Crippen molar-refractivity contribution in [3.63, 3.8) is 0 Å². The van der Waals surface area contributed by atoms with Crippen LogP contribution < -0.4 is 5.32 Å². The van der Waals surface area contributed by atoms with E-state index in [4.69, 9.17) is 21.1 Å². The van der Waals surface area contributed by atoms with Gasteiger partial charge in [0.1, 0.15) is 12.2 Å². The summed E-state index contributed by atoms with van der Waals surface area (Å²) in [6.45, 7) is 2.08. The zero-order valence-electron chi connectivity index (χ0n) is 13.6. The molecule has 1 saturated heterocycles. The number of urea groups is 1. The highest BCUT2D eigenvalue weighted by Crippen LogP contribution is 2.33. The van der Waals surface area contributed by atoms with E-state index in [1.165, 1.54) is 12.0 Å². The standard InChI is InChI=1S/C14H27ClN2O6/c1-3-4-7-17(13(21)16-6-5-15)14(22-2)8-10(19)12(20)11(9-18)23-14/h10-12,18-20H,3-9H2,1-2H3,(H,16,21)/t10-,11-,12+,14+/m1/s1. The van der Waals surface area contributed by atoms with Crippen molar-refractivity contribution in [1.82, 2.24) is 10.2 Å². The highest BCUT2D eigenvalue weighted by Gasteiger charge is 2.51. The van der Waals surface area contributed by atoms with Crippen molar-refractivity contribution in [2.24, 2.45) is 0 Å². The maximum absolute atomic E-state index is 12.4. The van der Waals surface area contributed by atoms with Crippen LogP contribution >= 0.6 is 11.6 Å². The van der Waals surface area contributed by atoms with Gasteiger partial charge in [-0.25, -0.2) is 4.79 Å². The van der Waals surface area contributed by atoms with Gasteiger partial charge in [0.15, 0.2) is 0 Å². The van der Waals surface area contributed by atoms with E-state index in [1.807, 2.05) is 6.92 Å². The Morgan fingerprint density at radius 2 is 2.22 bits per heavy atom. The number of carbonyl (C=O) groups is 1. The molecule has 0 aromatic rings. The zero-order chi connectivity index (χ0) is 17.5. The van der Waals surface area contributed by atoms with E-state index in [0.29, 0.717) is 13.0 Å². The van der Waals surface area contributed by atoms with Gasteiger partial charge in [0.05, 0.1) is 19.1 Å². The van der Waals surface area contributed by atoms with Crippen LogP contribution in [0.4, 0.5) is 4.79 Å². The van der Waals surface area contributed by atoms with Crippen molar-refractivity contribution >= 4 is 17.6 Å². The van der Waals surface area contributed by atoms with E-state index in [0.717, 1.165) is 6.42 Å². The van der Waals surface area contributed by atoms with Gasteiger partial charge in [0.25, 0.3) is 5.91 Å². The molecule has 4 atom stereocenters. The number of aliphatic hydroxyl groups is 3. The first-order valence-corrected chi connectivity index (χ1v) is 8.30. The largest absolute Gasteiger partial charge is 0.394 e. The first kappa shape index (κ1) is 20.4. The molecule has 4 N–H and O–H groups in total. The number of hydrogen-bond donors (Lipinski definition) is 4. The summed E-state index contributed by atoms with van der Waals surface area (Å²) < 4.78 is 11.1. The average molecular weight is 355 g/mol. The summed E-state index contributed by atoms with van der Waals surface area (Å²) in [5.41, 5.74) is 0. The second kappa shape index (κ2) is 9.61. The Bertz CT molecular complexity index is 375. The van der Waals surface area contributed by atoms with E-state index in [2.05, 4.69) is 5.32 Å². The van der Waals surface area contributed by atoms with Gasteiger partial charge >= 0.3 is 6.03 Å². The molecule has 1 fully saturated rings. The van der Waals surface area contributed by atoms with E-state index in [1.54, 1.807) is 0 Å². The van der Waals surface area contributed by atoms with Gasteiger partial charge in [-0.05, 0) is 6.42 Å². The van der Waals surface area contributed by atoms with E-state index >= 15 is 0 Å². The van der Waals surface area contributed by atoms with Crippen LogP contribution in [0.25, 0.3) is 0 Å². The Morgan fingerprint density at radius 3 is 2.74 bits per heavy atom. The summed E-state index contributed by atoms with van der Waals surface area (Å²) in [7, 11) is 1.35. The molecule has 0 aliphatic carbocycles. The lowest BCUT2D eigenvalue weighted by Gasteiger charge is -2.49. The fourth-order valence-electron chi connectivity index (χ4n) is 2.54. The number of unbranched alkanes of at least 4 members (excludes halogenated alkanes) is 1. The van der Waals surface area contributed by atoms with Gasteiger partial charge in [-0.3, -0.25) is 4.90 Å². The fourth-order valence-corrected chi connectivity index (χ4v) is 2.63. The predicted octanol–water partition coefficient (Wildman–Crippen LogP) is -0.160. The molecule has 8 nitrogen and oxygen atoms in total. The maximum atomic E-state index is 12.4. The van der Waals surface area contributed by atoms with Crippen LogP contribution in [0.2, 0.25) is 0 Å². The molecule has 136 valence electrons. The Labute approximate surface area is 141 Å². The highest BCUT2D eigenvalue weighted by atomic mass is 35.5. The molecule has 0 aromatic heterocycles. The lowest BCUT2D eigenvalue weighted by molar-refractivity contribution is -0.362. The highest BCUT2D eigenvalue weighted by molar-refractivity contribution is 6.18. The first-order chi connectivity index (χ1) is 11.0. The third-order valence-corrected chi connectivity index (χ3v) is 4.03. The van der Waals surface area contributed by atoms with Gasteiger partial charge in [0, 0.05) is 26.1 Å². The third kappa shape index (κ3) is 4.91. The van der Waals surface area contributed by atoms with Crippen LogP contribution in [0.15, 0.2) is 0 Å². The molecule has 1 aliphatic rings. The number of aliphatic hydroxyl groups excluding tert-OH is 3. The quantitative estimate of drug-likeness (QED) is 0.356. The van der Waals surface area contributed by atoms with Crippen molar-refractivity contribution in [3.05, 3.63) is 0 Å². The number of nitrogens with one attached hydrogen (secondary N) is 1. The van der Waals surface area contributed by atoms with Gasteiger partial charge < -0.3 is 30.1 Å². The molecule has 0 spiro atoms. The lowest BCUT2D eigenvalue weighted by atomic mass is 9.98. The summed E-state index contributed by atoms with van der Waals surface area (Å²) in [4.78, 5) is 13.8. The molecular formula is C14H27ClN2O6. The van der Waals surface area contributed by atoms with Crippen LogP contribution in [0.3, 0.4) is 0 Å². The number of halogens is 1. The van der Waals surface area contributed by atoms with Crippen molar-refractivity contribution < 1.29 is 29.6 Å². The molecule has 0 unspecified atom stereocenters. The summed E-state index contributed by atoms with van der Waals surface area (Å²) in [6.07, 6.45) is -2.07. The molecule has 9 heteroatoms. The Hall–Kier alpha value is -0.640. The van der Waals surface area contributed by atoms with E-state index in [9.17, 15) is 20.1 Å². The molecular weight excluding hydrogens is 328 g/mol. The number of methoxy groups -OCH3 is 1. The van der Waals surface area contributed by atoms with Crippen molar-refractivity contribution in [2.45, 2.75) is 50.4 Å². The number of rotatable bonds is 8. The summed E-state index contributed by atoms with van der Waals surface area (Å²) in [5.74, 6) is -1.30. The molecule has 1 aliphatic heterocycles. The van der Waals surface area contributed by atoms with Crippen molar-refractivity contribution in [2.75, 3.05) is 32.7 Å². The van der Waals surface area contributed by atoms with Crippen molar-refractivity contribution in [1.29, 1.82) is 0 Å². The predicted molar refractivity (Wildman–Crippen MR) is 84.1 cm³/mol. The topological polar surface area (TPSA) is 111 Å². The van der Waals surface area contributed by atoms with Crippen LogP contribution in [0, 0.1) is 0 Å². The normalized spacial score (nSPS) is 31.0. The minimum Gasteiger partial charge on any atom is -0.394 e. The van der Waals surface area contributed by atoms with Crippen LogP contribution in [0.1, 0.15) is 26.2 Å². The lowest BCUT2D eigenvalue weighted by Crippen LogP contribution is -2.66. The van der Waals surface area contributed by atoms with Gasteiger partial charge in [-0.15, -0.1) is 11.6 Å². The number of hydrogen-bond acceptors (Lipinski definition) is 6. The Morgan fingerprint density at radius 1 is 1.52 bits per heavy atom. The van der Waals surface area contributed by atoms with Crippen LogP contribution in [-0.4, -0.2) is 83.2 Å². The molecule has 1 heterocycles. The molecule has 2 amide bonds. The molecule has 1 rings (SSSR count). The van der Waals surface area contributed by atoms with E-state index in [-0.39, 0.29) is 18.8 Å². The number of carbonyl (C=O) groups excluding carboxylic acids is 1. The third-order valence-electron chi connectivity index (χ3n) is 3.84. The van der Waals surface area contributed by atoms with Crippen LogP contribution in [0.5, 0.6) is 0 Å². The van der Waals surface area contributed by atoms with Crippen LogP contribution in [-0.2, 0) is 9.47 Å². The summed E-state index contributed by atoms with van der Waals surface area (Å²) in [5, 5.41) is 32.0. The second-order valence-corrected chi connectivity index (χ2v) is 5.82. The van der Waals surface area contributed by atoms with Gasteiger partial charge in [-0.2, -0.15) is 0 Å². The van der Waals surface area contributed by atoms with Gasteiger partial charge in [0.2, 0.25) is 0 Å². The zero-order valence-corrected chi connectivity index (χ0v) is 14.3. The number of nitrogens with zero attached hydrogens (tertiary/aromatic N) is 1. The fraction of sp³-hybridized carbons (Fsp3) is 0.929. The maximum Gasteiger partial charge on any atom is 0.321 e. The molecule has 0 radical (unpaired) electrons. The van der Waals surface area contributed by atoms with Crippen molar-refractivity contribution in [3.8, 4) is 0 Å². The van der Waals surface area contributed by atoms with E-state index < -0.39 is 36.9 Å². The average Bonchev–Trinajstić information content (AvgIpc) is 2.56. The summed E-state index contributed by atoms with van der Waals surface area (Å²) >= 11 is 5.60. The minimum atomic E-state index is -1.56. The minimum absolute atomic E-state index is 0.126. The Balaban J connectivity index is 3.03. The SMILES string of the molecule is CCCCN(C(=O)NCCCl)[C@]1(OC)C[C@@H](O)[C@H](O)[C@@H](CO)O1. The monoisotopic (exact) mass is 354 g/mol.